The molecule has 2 fully saturated rings. The summed E-state index contributed by atoms with van der Waals surface area (Å²) in [6.07, 6.45) is 6.13. The fourth-order valence-electron chi connectivity index (χ4n) is 2.84. The monoisotopic (exact) mass is 213 g/mol. The maximum absolute atomic E-state index is 5.68. The van der Waals surface area contributed by atoms with Gasteiger partial charge in [0, 0.05) is 19.8 Å². The topological polar surface area (TPSA) is 30.5 Å². The van der Waals surface area contributed by atoms with E-state index >= 15 is 0 Å². The fourth-order valence-corrected chi connectivity index (χ4v) is 2.84. The summed E-state index contributed by atoms with van der Waals surface area (Å²) >= 11 is 0. The summed E-state index contributed by atoms with van der Waals surface area (Å²) in [5, 5.41) is 3.44. The molecule has 0 amide bonds. The number of methoxy groups -OCH3 is 1. The van der Waals surface area contributed by atoms with Gasteiger partial charge in [-0.3, -0.25) is 0 Å². The second-order valence-corrected chi connectivity index (χ2v) is 4.96. The highest BCUT2D eigenvalue weighted by Gasteiger charge is 2.40. The highest BCUT2D eigenvalue weighted by atomic mass is 16.5. The largest absolute Gasteiger partial charge is 0.381 e. The van der Waals surface area contributed by atoms with Crippen LogP contribution in [0.5, 0.6) is 0 Å². The molecule has 0 aromatic rings. The standard InChI is InChI=1S/C12H23NO2/c1-13-11(10-4-7-15-9-10)8-12(14-2)5-3-6-12/h10-11,13H,3-9H2,1-2H3. The molecule has 2 rings (SSSR count). The lowest BCUT2D eigenvalue weighted by molar-refractivity contribution is -0.0865. The van der Waals surface area contributed by atoms with Crippen molar-refractivity contribution in [1.82, 2.24) is 5.32 Å². The molecule has 1 N–H and O–H groups in total. The molecule has 1 aliphatic heterocycles. The Morgan fingerprint density at radius 2 is 2.33 bits per heavy atom. The number of rotatable bonds is 5. The second-order valence-electron chi connectivity index (χ2n) is 4.96. The third-order valence-electron chi connectivity index (χ3n) is 4.19. The Morgan fingerprint density at radius 1 is 1.53 bits per heavy atom. The minimum Gasteiger partial charge on any atom is -0.381 e. The SMILES string of the molecule is CNC(CC1(OC)CCC1)C1CCOC1. The van der Waals surface area contributed by atoms with Crippen molar-refractivity contribution in [3.05, 3.63) is 0 Å². The zero-order chi connectivity index (χ0) is 10.7. The Balaban J connectivity index is 1.89. The van der Waals surface area contributed by atoms with Gasteiger partial charge in [-0.05, 0) is 45.1 Å². The van der Waals surface area contributed by atoms with Crippen LogP contribution in [0.1, 0.15) is 32.1 Å². The Hall–Kier alpha value is -0.120. The quantitative estimate of drug-likeness (QED) is 0.752. The predicted octanol–water partition coefficient (Wildman–Crippen LogP) is 1.57. The molecule has 2 atom stereocenters. The van der Waals surface area contributed by atoms with Gasteiger partial charge in [-0.15, -0.1) is 0 Å². The average Bonchev–Trinajstić information content (AvgIpc) is 2.71. The minimum absolute atomic E-state index is 0.177. The van der Waals surface area contributed by atoms with Crippen LogP contribution in [0.15, 0.2) is 0 Å². The van der Waals surface area contributed by atoms with E-state index in [4.69, 9.17) is 9.47 Å². The number of nitrogens with one attached hydrogen (secondary N) is 1. The zero-order valence-corrected chi connectivity index (χ0v) is 9.92. The summed E-state index contributed by atoms with van der Waals surface area (Å²) in [6, 6.07) is 0.563. The molecule has 0 aromatic carbocycles. The van der Waals surface area contributed by atoms with Crippen molar-refractivity contribution in [3.8, 4) is 0 Å². The van der Waals surface area contributed by atoms with Crippen LogP contribution in [0.3, 0.4) is 0 Å². The molecule has 0 radical (unpaired) electrons. The molecule has 1 aliphatic carbocycles. The molecule has 2 aliphatic rings. The van der Waals surface area contributed by atoms with Gasteiger partial charge in [-0.25, -0.2) is 0 Å². The highest BCUT2D eigenvalue weighted by molar-refractivity contribution is 4.95. The molecule has 0 spiro atoms. The van der Waals surface area contributed by atoms with Gasteiger partial charge in [-0.1, -0.05) is 0 Å². The molecule has 1 heterocycles. The Labute approximate surface area is 92.5 Å². The van der Waals surface area contributed by atoms with Gasteiger partial charge < -0.3 is 14.8 Å². The number of ether oxygens (including phenoxy) is 2. The van der Waals surface area contributed by atoms with Crippen molar-refractivity contribution in [2.75, 3.05) is 27.4 Å². The molecule has 15 heavy (non-hydrogen) atoms. The predicted molar refractivity (Wildman–Crippen MR) is 60.0 cm³/mol. The van der Waals surface area contributed by atoms with Gasteiger partial charge >= 0.3 is 0 Å². The first-order valence-corrected chi connectivity index (χ1v) is 6.10. The van der Waals surface area contributed by atoms with E-state index in [0.29, 0.717) is 12.0 Å². The van der Waals surface area contributed by atoms with Crippen molar-refractivity contribution < 1.29 is 9.47 Å². The van der Waals surface area contributed by atoms with Crippen LogP contribution >= 0.6 is 0 Å². The van der Waals surface area contributed by atoms with Crippen LogP contribution in [-0.2, 0) is 9.47 Å². The van der Waals surface area contributed by atoms with Crippen molar-refractivity contribution in [2.45, 2.75) is 43.7 Å². The van der Waals surface area contributed by atoms with Crippen LogP contribution in [0, 0.1) is 5.92 Å². The van der Waals surface area contributed by atoms with Crippen molar-refractivity contribution in [2.24, 2.45) is 5.92 Å². The van der Waals surface area contributed by atoms with Gasteiger partial charge in [0.1, 0.15) is 0 Å². The summed E-state index contributed by atoms with van der Waals surface area (Å²) in [6.45, 7) is 1.86. The van der Waals surface area contributed by atoms with Crippen LogP contribution < -0.4 is 5.32 Å². The van der Waals surface area contributed by atoms with Gasteiger partial charge in [0.05, 0.1) is 12.2 Å². The summed E-state index contributed by atoms with van der Waals surface area (Å²) in [4.78, 5) is 0. The zero-order valence-electron chi connectivity index (χ0n) is 9.92. The fraction of sp³-hybridized carbons (Fsp3) is 1.00. The lowest BCUT2D eigenvalue weighted by Crippen LogP contribution is -2.47. The average molecular weight is 213 g/mol. The Bertz CT molecular complexity index is 192. The Kier molecular flexibility index (Phi) is 3.65. The molecule has 1 saturated heterocycles. The van der Waals surface area contributed by atoms with Crippen LogP contribution in [-0.4, -0.2) is 39.0 Å². The van der Waals surface area contributed by atoms with Crippen LogP contribution in [0.2, 0.25) is 0 Å². The highest BCUT2D eigenvalue weighted by Crippen LogP contribution is 2.40. The van der Waals surface area contributed by atoms with Crippen molar-refractivity contribution in [1.29, 1.82) is 0 Å². The van der Waals surface area contributed by atoms with E-state index in [1.807, 2.05) is 7.11 Å². The first-order chi connectivity index (χ1) is 7.29. The molecule has 3 heteroatoms. The maximum Gasteiger partial charge on any atom is 0.0693 e. The molecule has 0 aromatic heterocycles. The van der Waals surface area contributed by atoms with E-state index in [1.165, 1.54) is 25.7 Å². The Morgan fingerprint density at radius 3 is 2.73 bits per heavy atom. The van der Waals surface area contributed by atoms with Gasteiger partial charge in [0.15, 0.2) is 0 Å². The molecular formula is C12H23NO2. The third-order valence-corrected chi connectivity index (χ3v) is 4.19. The van der Waals surface area contributed by atoms with Crippen molar-refractivity contribution >= 4 is 0 Å². The third kappa shape index (κ3) is 2.35. The van der Waals surface area contributed by atoms with Crippen LogP contribution in [0.4, 0.5) is 0 Å². The normalized spacial score (nSPS) is 31.2. The summed E-state index contributed by atoms with van der Waals surface area (Å²) in [5.41, 5.74) is 0.177. The number of hydrogen-bond donors (Lipinski definition) is 1. The molecular weight excluding hydrogens is 190 g/mol. The first kappa shape index (κ1) is 11.4. The lowest BCUT2D eigenvalue weighted by Gasteiger charge is -2.43. The summed E-state index contributed by atoms with van der Waals surface area (Å²) < 4.78 is 11.1. The molecule has 3 nitrogen and oxygen atoms in total. The smallest absolute Gasteiger partial charge is 0.0693 e. The molecule has 88 valence electrons. The summed E-state index contributed by atoms with van der Waals surface area (Å²) in [5.74, 6) is 0.683. The van der Waals surface area contributed by atoms with E-state index < -0.39 is 0 Å². The first-order valence-electron chi connectivity index (χ1n) is 6.10. The minimum atomic E-state index is 0.177. The second kappa shape index (κ2) is 4.81. The van der Waals surface area contributed by atoms with E-state index in [0.717, 1.165) is 19.6 Å². The van der Waals surface area contributed by atoms with Crippen LogP contribution in [0.25, 0.3) is 0 Å². The van der Waals surface area contributed by atoms with Gasteiger partial charge in [-0.2, -0.15) is 0 Å². The van der Waals surface area contributed by atoms with E-state index in [9.17, 15) is 0 Å². The lowest BCUT2D eigenvalue weighted by atomic mass is 9.73. The van der Waals surface area contributed by atoms with E-state index in [2.05, 4.69) is 12.4 Å². The van der Waals surface area contributed by atoms with E-state index in [-0.39, 0.29) is 5.60 Å². The maximum atomic E-state index is 5.68. The van der Waals surface area contributed by atoms with E-state index in [1.54, 1.807) is 0 Å². The summed E-state index contributed by atoms with van der Waals surface area (Å²) in [7, 11) is 3.92. The molecule has 1 saturated carbocycles. The molecule has 0 bridgehead atoms. The molecule has 2 unspecified atom stereocenters. The number of hydrogen-bond acceptors (Lipinski definition) is 3. The van der Waals surface area contributed by atoms with Gasteiger partial charge in [0.25, 0.3) is 0 Å². The van der Waals surface area contributed by atoms with Gasteiger partial charge in [0.2, 0.25) is 0 Å². The van der Waals surface area contributed by atoms with Crippen molar-refractivity contribution in [3.63, 3.8) is 0 Å².